The molecule has 5 heteroatoms. The lowest BCUT2D eigenvalue weighted by Crippen LogP contribution is -2.10. The topological polar surface area (TPSA) is 74.6 Å². The van der Waals surface area contributed by atoms with Crippen LogP contribution in [0.3, 0.4) is 0 Å². The first-order valence-electron chi connectivity index (χ1n) is 3.77. The molecule has 0 amide bonds. The van der Waals surface area contributed by atoms with E-state index in [4.69, 9.17) is 10.2 Å². The summed E-state index contributed by atoms with van der Waals surface area (Å²) >= 11 is 3.82. The van der Waals surface area contributed by atoms with E-state index in [0.29, 0.717) is 0 Å². The molecule has 0 spiro atoms. The van der Waals surface area contributed by atoms with Crippen molar-refractivity contribution in [3.05, 3.63) is 35.4 Å². The number of aliphatic carboxylic acids is 1. The zero-order chi connectivity index (χ0) is 10.7. The number of carbonyl (C=O) groups is 2. The Morgan fingerprint density at radius 3 is 2.29 bits per heavy atom. The van der Waals surface area contributed by atoms with Gasteiger partial charge in [0.15, 0.2) is 0 Å². The first-order valence-corrected chi connectivity index (χ1v) is 4.28. The normalized spacial score (nSPS) is 12.1. The molecular formula is C9H8O4S. The first-order chi connectivity index (χ1) is 6.54. The molecule has 1 unspecified atom stereocenters. The van der Waals surface area contributed by atoms with Gasteiger partial charge in [-0.25, -0.2) is 4.79 Å². The Hall–Kier alpha value is -1.49. The van der Waals surface area contributed by atoms with Crippen LogP contribution in [0.15, 0.2) is 24.3 Å². The number of hydrogen-bond acceptors (Lipinski definition) is 3. The molecule has 1 aromatic carbocycles. The summed E-state index contributed by atoms with van der Waals surface area (Å²) in [6, 6.07) is 5.91. The van der Waals surface area contributed by atoms with Gasteiger partial charge in [-0.3, -0.25) is 4.79 Å². The summed E-state index contributed by atoms with van der Waals surface area (Å²) in [5.74, 6) is -2.32. The van der Waals surface area contributed by atoms with E-state index >= 15 is 0 Å². The summed E-state index contributed by atoms with van der Waals surface area (Å²) in [7, 11) is 0. The Labute approximate surface area is 85.6 Å². The third kappa shape index (κ3) is 2.05. The molecule has 0 aliphatic carbocycles. The second-order valence-corrected chi connectivity index (χ2v) is 3.15. The Morgan fingerprint density at radius 2 is 1.79 bits per heavy atom. The minimum atomic E-state index is -1.16. The molecule has 1 atom stereocenters. The third-order valence-electron chi connectivity index (χ3n) is 1.72. The lowest BCUT2D eigenvalue weighted by atomic mass is 10.0. The van der Waals surface area contributed by atoms with Gasteiger partial charge in [-0.2, -0.15) is 12.6 Å². The van der Waals surface area contributed by atoms with E-state index < -0.39 is 17.2 Å². The van der Waals surface area contributed by atoms with Gasteiger partial charge >= 0.3 is 11.9 Å². The maximum Gasteiger partial charge on any atom is 0.336 e. The summed E-state index contributed by atoms with van der Waals surface area (Å²) in [5.41, 5.74) is 0.158. The van der Waals surface area contributed by atoms with Crippen LogP contribution in [0.4, 0.5) is 0 Å². The Morgan fingerprint density at radius 1 is 1.21 bits per heavy atom. The highest BCUT2D eigenvalue weighted by Gasteiger charge is 2.20. The number of aromatic carboxylic acids is 1. The molecule has 0 aromatic heterocycles. The van der Waals surface area contributed by atoms with Crippen LogP contribution in [-0.2, 0) is 4.79 Å². The van der Waals surface area contributed by atoms with Crippen molar-refractivity contribution in [3.8, 4) is 0 Å². The van der Waals surface area contributed by atoms with E-state index in [9.17, 15) is 9.59 Å². The highest BCUT2D eigenvalue weighted by atomic mass is 32.1. The van der Waals surface area contributed by atoms with Crippen molar-refractivity contribution in [2.75, 3.05) is 0 Å². The number of carboxylic acid groups (broad SMARTS) is 2. The number of benzene rings is 1. The average Bonchev–Trinajstić information content (AvgIpc) is 2.16. The summed E-state index contributed by atoms with van der Waals surface area (Å²) in [4.78, 5) is 21.3. The fourth-order valence-electron chi connectivity index (χ4n) is 1.06. The molecule has 14 heavy (non-hydrogen) atoms. The zero-order valence-electron chi connectivity index (χ0n) is 7.04. The van der Waals surface area contributed by atoms with Gasteiger partial charge in [0.2, 0.25) is 0 Å². The van der Waals surface area contributed by atoms with Gasteiger partial charge < -0.3 is 10.2 Å². The molecule has 74 valence electrons. The van der Waals surface area contributed by atoms with Crippen LogP contribution < -0.4 is 0 Å². The lowest BCUT2D eigenvalue weighted by molar-refractivity contribution is -0.136. The summed E-state index contributed by atoms with van der Waals surface area (Å²) in [5, 5.41) is 16.3. The van der Waals surface area contributed by atoms with Gasteiger partial charge in [-0.05, 0) is 11.6 Å². The van der Waals surface area contributed by atoms with Crippen molar-refractivity contribution in [1.29, 1.82) is 0 Å². The van der Waals surface area contributed by atoms with Crippen molar-refractivity contribution in [2.45, 2.75) is 5.25 Å². The Kier molecular flexibility index (Phi) is 3.14. The Balaban J connectivity index is 3.19. The van der Waals surface area contributed by atoms with Crippen LogP contribution in [0.1, 0.15) is 21.2 Å². The number of carboxylic acids is 2. The molecule has 4 nitrogen and oxygen atoms in total. The predicted molar refractivity (Wildman–Crippen MR) is 52.8 cm³/mol. The fraction of sp³-hybridized carbons (Fsp3) is 0.111. The van der Waals surface area contributed by atoms with E-state index in [1.54, 1.807) is 6.07 Å². The minimum Gasteiger partial charge on any atom is -0.480 e. The van der Waals surface area contributed by atoms with Crippen LogP contribution in [0.5, 0.6) is 0 Å². The highest BCUT2D eigenvalue weighted by Crippen LogP contribution is 2.23. The lowest BCUT2D eigenvalue weighted by Gasteiger charge is -2.08. The van der Waals surface area contributed by atoms with Gasteiger partial charge in [-0.15, -0.1) is 0 Å². The van der Waals surface area contributed by atoms with Gasteiger partial charge in [0.1, 0.15) is 5.25 Å². The van der Waals surface area contributed by atoms with E-state index in [2.05, 4.69) is 12.6 Å². The van der Waals surface area contributed by atoms with Crippen LogP contribution in [0, 0.1) is 0 Å². The van der Waals surface area contributed by atoms with Gasteiger partial charge in [0.25, 0.3) is 0 Å². The minimum absolute atomic E-state index is 0.0325. The molecule has 1 aromatic rings. The fourth-order valence-corrected chi connectivity index (χ4v) is 1.29. The van der Waals surface area contributed by atoms with Gasteiger partial charge in [0.05, 0.1) is 5.56 Å². The smallest absolute Gasteiger partial charge is 0.336 e. The SMILES string of the molecule is O=C(O)c1ccccc1C(S)C(=O)O. The molecule has 2 N–H and O–H groups in total. The quantitative estimate of drug-likeness (QED) is 0.663. The summed E-state index contributed by atoms with van der Waals surface area (Å²) in [6.07, 6.45) is 0. The summed E-state index contributed by atoms with van der Waals surface area (Å²) < 4.78 is 0. The second kappa shape index (κ2) is 4.15. The van der Waals surface area contributed by atoms with Crippen LogP contribution in [-0.4, -0.2) is 22.2 Å². The molecule has 1 rings (SSSR count). The van der Waals surface area contributed by atoms with Crippen LogP contribution in [0.2, 0.25) is 0 Å². The van der Waals surface area contributed by atoms with Crippen molar-refractivity contribution in [3.63, 3.8) is 0 Å². The van der Waals surface area contributed by atoms with E-state index in [0.717, 1.165) is 0 Å². The molecule has 0 saturated carbocycles. The van der Waals surface area contributed by atoms with Crippen LogP contribution in [0.25, 0.3) is 0 Å². The molecule has 0 fully saturated rings. The van der Waals surface area contributed by atoms with Gasteiger partial charge in [-0.1, -0.05) is 18.2 Å². The standard InChI is InChI=1S/C9H8O4S/c10-8(11)6-4-2-1-3-5(6)7(14)9(12)13/h1-4,7,14H,(H,10,11)(H,12,13). The van der Waals surface area contributed by atoms with E-state index in [1.165, 1.54) is 18.2 Å². The summed E-state index contributed by atoms with van der Waals surface area (Å²) in [6.45, 7) is 0. The number of rotatable bonds is 3. The van der Waals surface area contributed by atoms with Crippen molar-refractivity contribution in [1.82, 2.24) is 0 Å². The number of thiol groups is 1. The molecule has 0 radical (unpaired) electrons. The maximum atomic E-state index is 10.7. The van der Waals surface area contributed by atoms with E-state index in [-0.39, 0.29) is 11.1 Å². The van der Waals surface area contributed by atoms with Crippen molar-refractivity contribution < 1.29 is 19.8 Å². The molecule has 0 aliphatic heterocycles. The average molecular weight is 212 g/mol. The number of hydrogen-bond donors (Lipinski definition) is 3. The molecule has 0 saturated heterocycles. The van der Waals surface area contributed by atoms with Gasteiger partial charge in [0, 0.05) is 0 Å². The third-order valence-corrected chi connectivity index (χ3v) is 2.22. The largest absolute Gasteiger partial charge is 0.480 e. The second-order valence-electron chi connectivity index (χ2n) is 2.63. The predicted octanol–water partition coefficient (Wildman–Crippen LogP) is 1.44. The van der Waals surface area contributed by atoms with Crippen molar-refractivity contribution in [2.24, 2.45) is 0 Å². The first kappa shape index (κ1) is 10.6. The molecule has 0 heterocycles. The highest BCUT2D eigenvalue weighted by molar-refractivity contribution is 7.81. The molecule has 0 bridgehead atoms. The zero-order valence-corrected chi connectivity index (χ0v) is 7.94. The van der Waals surface area contributed by atoms with E-state index in [1.807, 2.05) is 0 Å². The van der Waals surface area contributed by atoms with Crippen LogP contribution >= 0.6 is 12.6 Å². The maximum absolute atomic E-state index is 10.7. The Bertz CT molecular complexity index is 375. The van der Waals surface area contributed by atoms with Crippen molar-refractivity contribution >= 4 is 24.6 Å². The molecular weight excluding hydrogens is 204 g/mol. The molecule has 0 aliphatic rings. The monoisotopic (exact) mass is 212 g/mol.